The zero-order valence-electron chi connectivity index (χ0n) is 15.1. The highest BCUT2D eigenvalue weighted by Crippen LogP contribution is 2.35. The third kappa shape index (κ3) is 5.13. The van der Waals surface area contributed by atoms with Gasteiger partial charge < -0.3 is 9.84 Å². The second-order valence-electron chi connectivity index (χ2n) is 6.03. The number of carboxylic acids is 1. The van der Waals surface area contributed by atoms with Crippen LogP contribution in [0.1, 0.15) is 5.56 Å². The number of anilines is 1. The van der Waals surface area contributed by atoms with Gasteiger partial charge in [-0.15, -0.1) is 0 Å². The minimum Gasteiger partial charge on any atom is -0.480 e. The van der Waals surface area contributed by atoms with Crippen LogP contribution in [0.4, 0.5) is 10.5 Å². The van der Waals surface area contributed by atoms with Crippen LogP contribution in [0.3, 0.4) is 0 Å². The number of amides is 4. The molecule has 0 unspecified atom stereocenters. The molecule has 0 saturated carbocycles. The molecule has 0 spiro atoms. The molecule has 4 amide bonds. The first-order valence-electron chi connectivity index (χ1n) is 8.29. The van der Waals surface area contributed by atoms with Gasteiger partial charge in [0.25, 0.3) is 11.8 Å². The number of nitrogens with one attached hydrogen (secondary N) is 1. The molecule has 0 atom stereocenters. The summed E-state index contributed by atoms with van der Waals surface area (Å²) in [5.74, 6) is -2.48. The first-order valence-corrected chi connectivity index (χ1v) is 11.2. The summed E-state index contributed by atoms with van der Waals surface area (Å²) in [7, 11) is 0. The average Bonchev–Trinajstić information content (AvgIpc) is 2.67. The maximum Gasteiger partial charge on any atom is 0.341 e. The number of carboxylic acid groups (broad SMARTS) is 1. The smallest absolute Gasteiger partial charge is 0.341 e. The molecule has 1 saturated heterocycles. The average molecular weight is 687 g/mol. The Morgan fingerprint density at radius 1 is 1.16 bits per heavy atom. The lowest BCUT2D eigenvalue weighted by Crippen LogP contribution is -2.54. The van der Waals surface area contributed by atoms with E-state index in [9.17, 15) is 19.2 Å². The van der Waals surface area contributed by atoms with Crippen molar-refractivity contribution in [3.8, 4) is 5.75 Å². The molecular formula is C19H10Cl2I2N2O6. The largest absolute Gasteiger partial charge is 0.480 e. The minimum atomic E-state index is -1.12. The van der Waals surface area contributed by atoms with E-state index in [-0.39, 0.29) is 21.3 Å². The number of carbonyl (C=O) groups is 4. The minimum absolute atomic E-state index is 0.00889. The van der Waals surface area contributed by atoms with Crippen molar-refractivity contribution in [2.45, 2.75) is 0 Å². The number of benzene rings is 2. The van der Waals surface area contributed by atoms with Crippen LogP contribution in [-0.2, 0) is 14.4 Å². The van der Waals surface area contributed by atoms with Crippen LogP contribution in [0.5, 0.6) is 5.75 Å². The van der Waals surface area contributed by atoms with Crippen molar-refractivity contribution in [1.29, 1.82) is 0 Å². The van der Waals surface area contributed by atoms with Crippen LogP contribution in [-0.4, -0.2) is 35.5 Å². The Morgan fingerprint density at radius 2 is 1.81 bits per heavy atom. The molecule has 1 aliphatic heterocycles. The molecule has 31 heavy (non-hydrogen) atoms. The predicted molar refractivity (Wildman–Crippen MR) is 130 cm³/mol. The van der Waals surface area contributed by atoms with E-state index in [1.807, 2.05) is 45.2 Å². The van der Waals surface area contributed by atoms with Gasteiger partial charge in [0.1, 0.15) is 11.3 Å². The molecule has 3 rings (SSSR count). The Morgan fingerprint density at radius 3 is 2.42 bits per heavy atom. The van der Waals surface area contributed by atoms with Gasteiger partial charge in [0, 0.05) is 0 Å². The Bertz CT molecular complexity index is 1150. The van der Waals surface area contributed by atoms with Crippen LogP contribution < -0.4 is 15.0 Å². The number of ether oxygens (including phenoxy) is 1. The number of halogens is 4. The van der Waals surface area contributed by atoms with Gasteiger partial charge in [-0.05, 0) is 81.1 Å². The SMILES string of the molecule is O=C(O)COc1c(I)cc(/C=C2\C(=O)NC(=O)N(c3cccc(Cl)c3Cl)C2=O)cc1I. The van der Waals surface area contributed by atoms with Gasteiger partial charge in [0.2, 0.25) is 0 Å². The number of rotatable bonds is 5. The predicted octanol–water partition coefficient (Wildman–Crippen LogP) is 4.33. The lowest BCUT2D eigenvalue weighted by atomic mass is 10.1. The standard InChI is InChI=1S/C19H10Cl2I2N2O6/c20-10-2-1-3-13(15(10)21)25-18(29)9(17(28)24-19(25)30)4-8-5-11(22)16(12(23)6-8)31-7-14(26)27/h1-6H,7H2,(H,26,27)(H,24,28,30)/b9-4+. The Kier molecular flexibility index (Phi) is 7.44. The number of aliphatic carboxylic acids is 1. The second kappa shape index (κ2) is 9.71. The van der Waals surface area contributed by atoms with Crippen molar-refractivity contribution in [1.82, 2.24) is 5.32 Å². The topological polar surface area (TPSA) is 113 Å². The van der Waals surface area contributed by atoms with Gasteiger partial charge in [0.05, 0.1) is 22.9 Å². The fourth-order valence-electron chi connectivity index (χ4n) is 2.64. The molecule has 1 heterocycles. The number of urea groups is 1. The van der Waals surface area contributed by atoms with Crippen LogP contribution in [0.15, 0.2) is 35.9 Å². The Labute approximate surface area is 212 Å². The molecule has 1 fully saturated rings. The third-order valence-corrected chi connectivity index (χ3v) is 6.36. The summed E-state index contributed by atoms with van der Waals surface area (Å²) < 4.78 is 6.42. The van der Waals surface area contributed by atoms with Gasteiger partial charge in [-0.25, -0.2) is 14.5 Å². The molecular weight excluding hydrogens is 677 g/mol. The third-order valence-electron chi connectivity index (χ3n) is 3.95. The summed E-state index contributed by atoms with van der Waals surface area (Å²) in [4.78, 5) is 49.2. The summed E-state index contributed by atoms with van der Waals surface area (Å²) in [6.45, 7) is -0.509. The highest BCUT2D eigenvalue weighted by molar-refractivity contribution is 14.1. The van der Waals surface area contributed by atoms with Crippen LogP contribution in [0.2, 0.25) is 10.0 Å². The number of nitrogens with zero attached hydrogens (tertiary/aromatic N) is 1. The number of hydrogen-bond acceptors (Lipinski definition) is 5. The van der Waals surface area contributed by atoms with E-state index in [4.69, 9.17) is 33.0 Å². The molecule has 12 heteroatoms. The molecule has 2 N–H and O–H groups in total. The Balaban J connectivity index is 2.00. The zero-order chi connectivity index (χ0) is 22.9. The summed E-state index contributed by atoms with van der Waals surface area (Å²) in [5.41, 5.74) is 0.222. The van der Waals surface area contributed by atoms with Crippen molar-refractivity contribution in [2.24, 2.45) is 0 Å². The van der Waals surface area contributed by atoms with E-state index >= 15 is 0 Å². The number of carbonyl (C=O) groups excluding carboxylic acids is 3. The summed E-state index contributed by atoms with van der Waals surface area (Å²) in [6, 6.07) is 6.72. The number of hydrogen-bond donors (Lipinski definition) is 2. The molecule has 0 bridgehead atoms. The van der Waals surface area contributed by atoms with E-state index in [1.54, 1.807) is 12.1 Å². The molecule has 0 radical (unpaired) electrons. The zero-order valence-corrected chi connectivity index (χ0v) is 20.9. The maximum absolute atomic E-state index is 13.0. The van der Waals surface area contributed by atoms with E-state index < -0.39 is 30.4 Å². The monoisotopic (exact) mass is 686 g/mol. The lowest BCUT2D eigenvalue weighted by Gasteiger charge is -2.27. The fourth-order valence-corrected chi connectivity index (χ4v) is 5.15. The molecule has 8 nitrogen and oxygen atoms in total. The molecule has 0 aromatic heterocycles. The normalized spacial score (nSPS) is 15.3. The summed E-state index contributed by atoms with van der Waals surface area (Å²) in [5, 5.41) is 11.0. The highest BCUT2D eigenvalue weighted by atomic mass is 127. The van der Waals surface area contributed by atoms with Gasteiger partial charge in [0.15, 0.2) is 6.61 Å². The van der Waals surface area contributed by atoms with E-state index in [1.165, 1.54) is 24.3 Å². The molecule has 2 aromatic rings. The maximum atomic E-state index is 13.0. The van der Waals surface area contributed by atoms with E-state index in [2.05, 4.69) is 5.32 Å². The lowest BCUT2D eigenvalue weighted by molar-refractivity contribution is -0.139. The van der Waals surface area contributed by atoms with Gasteiger partial charge in [-0.1, -0.05) is 29.3 Å². The van der Waals surface area contributed by atoms with Crippen molar-refractivity contribution < 1.29 is 29.0 Å². The first kappa shape index (κ1) is 23.8. The highest BCUT2D eigenvalue weighted by Gasteiger charge is 2.38. The van der Waals surface area contributed by atoms with Crippen molar-refractivity contribution in [3.63, 3.8) is 0 Å². The molecule has 1 aliphatic rings. The second-order valence-corrected chi connectivity index (χ2v) is 9.14. The van der Waals surface area contributed by atoms with E-state index in [0.717, 1.165) is 4.90 Å². The van der Waals surface area contributed by atoms with E-state index in [0.29, 0.717) is 18.5 Å². The van der Waals surface area contributed by atoms with Gasteiger partial charge >= 0.3 is 12.0 Å². The summed E-state index contributed by atoms with van der Waals surface area (Å²) in [6.07, 6.45) is 1.32. The van der Waals surface area contributed by atoms with Crippen molar-refractivity contribution >= 4 is 104 Å². The van der Waals surface area contributed by atoms with Crippen LogP contribution in [0.25, 0.3) is 6.08 Å². The first-order chi connectivity index (χ1) is 14.6. The molecule has 160 valence electrons. The number of imide groups is 2. The van der Waals surface area contributed by atoms with Gasteiger partial charge in [-0.3, -0.25) is 14.9 Å². The quantitative estimate of drug-likeness (QED) is 0.275. The summed E-state index contributed by atoms with van der Waals surface area (Å²) >= 11 is 16.0. The van der Waals surface area contributed by atoms with Gasteiger partial charge in [-0.2, -0.15) is 0 Å². The fraction of sp³-hybridized carbons (Fsp3) is 0.0526. The Hall–Kier alpha value is -1.90. The van der Waals surface area contributed by atoms with Crippen LogP contribution in [0, 0.1) is 7.14 Å². The van der Waals surface area contributed by atoms with Crippen molar-refractivity contribution in [3.05, 3.63) is 58.7 Å². The van der Waals surface area contributed by atoms with Crippen LogP contribution >= 0.6 is 68.4 Å². The van der Waals surface area contributed by atoms with Crippen molar-refractivity contribution in [2.75, 3.05) is 11.5 Å². The molecule has 0 aliphatic carbocycles. The number of barbiturate groups is 1. The molecule has 2 aromatic carbocycles.